The average molecular weight is 455 g/mol. The van der Waals surface area contributed by atoms with Gasteiger partial charge in [0.1, 0.15) is 11.6 Å². The van der Waals surface area contributed by atoms with Crippen LogP contribution in [0.5, 0.6) is 5.75 Å². The zero-order chi connectivity index (χ0) is 20.5. The van der Waals surface area contributed by atoms with Gasteiger partial charge in [0.25, 0.3) is 0 Å². The number of fused-ring (bicyclic) bond motifs is 1. The Kier molecular flexibility index (Phi) is 4.81. The molecule has 0 saturated heterocycles. The number of aliphatic imine (C=N–C) groups is 1. The van der Waals surface area contributed by atoms with Crippen molar-refractivity contribution in [1.82, 2.24) is 9.97 Å². The fourth-order valence-corrected chi connectivity index (χ4v) is 3.27. The summed E-state index contributed by atoms with van der Waals surface area (Å²) < 4.78 is 13.6. The molecule has 0 saturated carbocycles. The molecule has 144 valence electrons. The molecule has 0 spiro atoms. The van der Waals surface area contributed by atoms with Gasteiger partial charge in [-0.2, -0.15) is 0 Å². The van der Waals surface area contributed by atoms with E-state index < -0.39 is 16.4 Å². The van der Waals surface area contributed by atoms with Crippen LogP contribution in [0, 0.1) is 15.9 Å². The van der Waals surface area contributed by atoms with E-state index in [2.05, 4.69) is 30.9 Å². The Morgan fingerprint density at radius 1 is 1.17 bits per heavy atom. The van der Waals surface area contributed by atoms with Gasteiger partial charge in [-0.05, 0) is 48.5 Å². The van der Waals surface area contributed by atoms with Gasteiger partial charge in [-0.1, -0.05) is 15.9 Å². The van der Waals surface area contributed by atoms with Crippen LogP contribution in [0.3, 0.4) is 0 Å². The van der Waals surface area contributed by atoms with Gasteiger partial charge in [0.15, 0.2) is 0 Å². The molecular formula is C20H12BrFN4O3. The van der Waals surface area contributed by atoms with E-state index in [4.69, 9.17) is 0 Å². The predicted molar refractivity (Wildman–Crippen MR) is 111 cm³/mol. The van der Waals surface area contributed by atoms with Crippen LogP contribution in [0.2, 0.25) is 0 Å². The highest BCUT2D eigenvalue weighted by atomic mass is 79.9. The summed E-state index contributed by atoms with van der Waals surface area (Å²) in [5, 5.41) is 21.1. The first kappa shape index (κ1) is 18.8. The van der Waals surface area contributed by atoms with E-state index in [1.165, 1.54) is 30.5 Å². The monoisotopic (exact) mass is 454 g/mol. The number of nitrogens with zero attached hydrogens (tertiary/aromatic N) is 3. The molecule has 0 aliphatic carbocycles. The predicted octanol–water partition coefficient (Wildman–Crippen LogP) is 5.50. The van der Waals surface area contributed by atoms with Gasteiger partial charge in [0, 0.05) is 27.9 Å². The zero-order valence-corrected chi connectivity index (χ0v) is 16.2. The molecule has 29 heavy (non-hydrogen) atoms. The number of halogens is 2. The normalized spacial score (nSPS) is 11.4. The quantitative estimate of drug-likeness (QED) is 0.241. The SMILES string of the molecule is O=[N+]([O-])c1cc(Br)cc(C=Nc2ccc3nc(-c4ccc(F)cc4)[nH]c3c2)c1O. The Morgan fingerprint density at radius 3 is 2.66 bits per heavy atom. The summed E-state index contributed by atoms with van der Waals surface area (Å²) in [7, 11) is 0. The number of benzene rings is 3. The molecule has 2 N–H and O–H groups in total. The van der Waals surface area contributed by atoms with Crippen LogP contribution in [0.4, 0.5) is 15.8 Å². The van der Waals surface area contributed by atoms with E-state index >= 15 is 0 Å². The molecule has 0 unspecified atom stereocenters. The number of rotatable bonds is 4. The van der Waals surface area contributed by atoms with Gasteiger partial charge in [0.05, 0.1) is 21.6 Å². The first-order chi connectivity index (χ1) is 13.9. The van der Waals surface area contributed by atoms with Crippen LogP contribution in [-0.2, 0) is 0 Å². The number of aromatic amines is 1. The lowest BCUT2D eigenvalue weighted by Crippen LogP contribution is -1.92. The van der Waals surface area contributed by atoms with Crippen molar-refractivity contribution in [3.8, 4) is 17.1 Å². The molecule has 0 aliphatic heterocycles. The Morgan fingerprint density at radius 2 is 1.93 bits per heavy atom. The number of aromatic nitrogens is 2. The lowest BCUT2D eigenvalue weighted by atomic mass is 10.2. The molecule has 0 radical (unpaired) electrons. The first-order valence-corrected chi connectivity index (χ1v) is 9.17. The van der Waals surface area contributed by atoms with Crippen molar-refractivity contribution < 1.29 is 14.4 Å². The summed E-state index contributed by atoms with van der Waals surface area (Å²) in [4.78, 5) is 22.3. The summed E-state index contributed by atoms with van der Waals surface area (Å²) in [6, 6.07) is 14.0. The van der Waals surface area contributed by atoms with Crippen molar-refractivity contribution in [2.75, 3.05) is 0 Å². The molecule has 9 heteroatoms. The highest BCUT2D eigenvalue weighted by Crippen LogP contribution is 2.33. The van der Waals surface area contributed by atoms with Gasteiger partial charge in [-0.25, -0.2) is 9.37 Å². The van der Waals surface area contributed by atoms with E-state index in [9.17, 15) is 19.6 Å². The van der Waals surface area contributed by atoms with Crippen LogP contribution in [0.15, 0.2) is 64.1 Å². The fourth-order valence-electron chi connectivity index (χ4n) is 2.81. The first-order valence-electron chi connectivity index (χ1n) is 8.37. The maximum atomic E-state index is 13.1. The van der Waals surface area contributed by atoms with Crippen molar-refractivity contribution in [3.63, 3.8) is 0 Å². The lowest BCUT2D eigenvalue weighted by molar-refractivity contribution is -0.385. The second-order valence-corrected chi connectivity index (χ2v) is 7.09. The molecule has 4 rings (SSSR count). The minimum atomic E-state index is -0.662. The lowest BCUT2D eigenvalue weighted by Gasteiger charge is -2.01. The number of phenols is 1. The third kappa shape index (κ3) is 3.85. The van der Waals surface area contributed by atoms with Crippen LogP contribution < -0.4 is 0 Å². The van der Waals surface area contributed by atoms with E-state index in [0.29, 0.717) is 21.5 Å². The van der Waals surface area contributed by atoms with Crippen LogP contribution in [0.1, 0.15) is 5.56 Å². The number of H-pyrrole nitrogens is 1. The Balaban J connectivity index is 1.67. The molecule has 0 atom stereocenters. The number of nitro benzene ring substituents is 1. The van der Waals surface area contributed by atoms with Crippen molar-refractivity contribution in [2.24, 2.45) is 4.99 Å². The van der Waals surface area contributed by atoms with Crippen molar-refractivity contribution >= 4 is 44.6 Å². The molecule has 0 amide bonds. The molecule has 0 bridgehead atoms. The fraction of sp³-hybridized carbons (Fsp3) is 0. The number of imidazole rings is 1. The number of hydrogen-bond acceptors (Lipinski definition) is 5. The molecule has 3 aromatic carbocycles. The average Bonchev–Trinajstić information content (AvgIpc) is 3.12. The van der Waals surface area contributed by atoms with E-state index in [0.717, 1.165) is 11.1 Å². The van der Waals surface area contributed by atoms with Crippen LogP contribution >= 0.6 is 15.9 Å². The van der Waals surface area contributed by atoms with E-state index in [-0.39, 0.29) is 11.4 Å². The number of aromatic hydroxyl groups is 1. The summed E-state index contributed by atoms with van der Waals surface area (Å²) in [6.07, 6.45) is 1.35. The third-order valence-corrected chi connectivity index (χ3v) is 4.67. The zero-order valence-electron chi connectivity index (χ0n) is 14.6. The second kappa shape index (κ2) is 7.44. The van der Waals surface area contributed by atoms with Crippen molar-refractivity contribution in [1.29, 1.82) is 0 Å². The number of nitrogens with one attached hydrogen (secondary N) is 1. The van der Waals surface area contributed by atoms with E-state index in [1.807, 2.05) is 0 Å². The molecule has 0 fully saturated rings. The molecule has 4 aromatic rings. The van der Waals surface area contributed by atoms with Gasteiger partial charge < -0.3 is 10.1 Å². The molecular weight excluding hydrogens is 443 g/mol. The van der Waals surface area contributed by atoms with Gasteiger partial charge >= 0.3 is 5.69 Å². The summed E-state index contributed by atoms with van der Waals surface area (Å²) in [5.74, 6) is -0.179. The number of phenolic OH excluding ortho intramolecular Hbond substituents is 1. The Bertz CT molecular complexity index is 1270. The number of hydrogen-bond donors (Lipinski definition) is 2. The second-order valence-electron chi connectivity index (χ2n) is 6.17. The molecule has 7 nitrogen and oxygen atoms in total. The van der Waals surface area contributed by atoms with Gasteiger partial charge in [0.2, 0.25) is 5.75 Å². The molecule has 1 aromatic heterocycles. The standard InChI is InChI=1S/C20H12BrFN4O3/c21-13-7-12(19(27)18(8-13)26(28)29)10-23-15-5-6-16-17(9-15)25-20(24-16)11-1-3-14(22)4-2-11/h1-10,27H,(H,24,25). The van der Waals surface area contributed by atoms with Crippen molar-refractivity contribution in [2.45, 2.75) is 0 Å². The summed E-state index contributed by atoms with van der Waals surface area (Å²) >= 11 is 3.19. The van der Waals surface area contributed by atoms with Crippen LogP contribution in [0.25, 0.3) is 22.4 Å². The third-order valence-electron chi connectivity index (χ3n) is 4.22. The van der Waals surface area contributed by atoms with Crippen LogP contribution in [-0.4, -0.2) is 26.2 Å². The summed E-state index contributed by atoms with van der Waals surface area (Å²) in [6.45, 7) is 0. The highest BCUT2D eigenvalue weighted by Gasteiger charge is 2.17. The van der Waals surface area contributed by atoms with Gasteiger partial charge in [-0.15, -0.1) is 0 Å². The minimum absolute atomic E-state index is 0.211. The smallest absolute Gasteiger partial charge is 0.312 e. The van der Waals surface area contributed by atoms with Gasteiger partial charge in [-0.3, -0.25) is 15.1 Å². The minimum Gasteiger partial charge on any atom is -0.502 e. The van der Waals surface area contributed by atoms with Crippen molar-refractivity contribution in [3.05, 3.63) is 80.6 Å². The topological polar surface area (TPSA) is 104 Å². The number of nitro groups is 1. The maximum absolute atomic E-state index is 13.1. The summed E-state index contributed by atoms with van der Waals surface area (Å²) in [5.41, 5.74) is 2.55. The van der Waals surface area contributed by atoms with E-state index in [1.54, 1.807) is 30.3 Å². The molecule has 0 aliphatic rings. The maximum Gasteiger partial charge on any atom is 0.312 e. The largest absolute Gasteiger partial charge is 0.502 e. The highest BCUT2D eigenvalue weighted by molar-refractivity contribution is 9.10. The Hall–Kier alpha value is -3.59. The molecule has 1 heterocycles. The Labute approximate surface area is 171 Å².